The number of phenols is 1. The van der Waals surface area contributed by atoms with E-state index in [1.165, 1.54) is 0 Å². The van der Waals surface area contributed by atoms with Gasteiger partial charge >= 0.3 is 0 Å². The number of ether oxygens (including phenoxy) is 3. The van der Waals surface area contributed by atoms with Crippen LogP contribution in [0.25, 0.3) is 0 Å². The van der Waals surface area contributed by atoms with Crippen LogP contribution in [0.4, 0.5) is 11.4 Å². The van der Waals surface area contributed by atoms with Crippen LogP contribution >= 0.6 is 0 Å². The summed E-state index contributed by atoms with van der Waals surface area (Å²) in [5.74, 6) is 1.92. The number of pyridine rings is 1. The Morgan fingerprint density at radius 1 is 1.24 bits per heavy atom. The van der Waals surface area contributed by atoms with Crippen LogP contribution < -0.4 is 19.1 Å². The summed E-state index contributed by atoms with van der Waals surface area (Å²) in [6, 6.07) is 6.89. The number of phenolic OH excluding ortho intramolecular Hbond substituents is 1. The first-order valence-corrected chi connectivity index (χ1v) is 6.54. The SMILES string of the molecule is COc1cc(N2CCOc3ccc(O)cc32)cnc1OC. The Balaban J connectivity index is 2.04. The van der Waals surface area contributed by atoms with Crippen molar-refractivity contribution < 1.29 is 19.3 Å². The van der Waals surface area contributed by atoms with Crippen molar-refractivity contribution in [2.24, 2.45) is 0 Å². The molecule has 2 aromatic rings. The first kappa shape index (κ1) is 13.4. The fourth-order valence-corrected chi connectivity index (χ4v) is 2.34. The van der Waals surface area contributed by atoms with Gasteiger partial charge in [-0.3, -0.25) is 0 Å². The number of hydrogen-bond acceptors (Lipinski definition) is 6. The van der Waals surface area contributed by atoms with Gasteiger partial charge in [-0.15, -0.1) is 0 Å². The number of rotatable bonds is 3. The Hall–Kier alpha value is -2.63. The third-order valence-corrected chi connectivity index (χ3v) is 3.33. The van der Waals surface area contributed by atoms with Crippen molar-refractivity contribution in [3.8, 4) is 23.1 Å². The molecule has 0 radical (unpaired) electrons. The van der Waals surface area contributed by atoms with Crippen LogP contribution in [-0.2, 0) is 0 Å². The Kier molecular flexibility index (Phi) is 3.43. The highest BCUT2D eigenvalue weighted by Crippen LogP contribution is 2.40. The van der Waals surface area contributed by atoms with Crippen LogP contribution in [0.5, 0.6) is 23.1 Å². The van der Waals surface area contributed by atoms with Crippen molar-refractivity contribution in [3.05, 3.63) is 30.5 Å². The highest BCUT2D eigenvalue weighted by atomic mass is 16.5. The number of hydrogen-bond donors (Lipinski definition) is 1. The lowest BCUT2D eigenvalue weighted by atomic mass is 10.2. The molecule has 0 saturated heterocycles. The second-order valence-electron chi connectivity index (χ2n) is 4.56. The maximum atomic E-state index is 9.69. The summed E-state index contributed by atoms with van der Waals surface area (Å²) in [5, 5.41) is 9.69. The van der Waals surface area contributed by atoms with Crippen molar-refractivity contribution >= 4 is 11.4 Å². The van der Waals surface area contributed by atoms with E-state index in [9.17, 15) is 5.11 Å². The standard InChI is InChI=1S/C15H16N2O4/c1-19-14-7-10(9-16-15(14)20-2)17-5-6-21-13-4-3-11(18)8-12(13)17/h3-4,7-9,18H,5-6H2,1-2H3. The van der Waals surface area contributed by atoms with Gasteiger partial charge in [0.25, 0.3) is 5.88 Å². The van der Waals surface area contributed by atoms with E-state index >= 15 is 0 Å². The molecular weight excluding hydrogens is 272 g/mol. The predicted octanol–water partition coefficient (Wildman–Crippen LogP) is 2.33. The monoisotopic (exact) mass is 288 g/mol. The fraction of sp³-hybridized carbons (Fsp3) is 0.267. The molecule has 0 saturated carbocycles. The summed E-state index contributed by atoms with van der Waals surface area (Å²) >= 11 is 0. The smallest absolute Gasteiger partial charge is 0.256 e. The summed E-state index contributed by atoms with van der Waals surface area (Å²) < 4.78 is 16.0. The molecule has 21 heavy (non-hydrogen) atoms. The normalized spacial score (nSPS) is 13.3. The van der Waals surface area contributed by atoms with E-state index in [0.29, 0.717) is 24.8 Å². The van der Waals surface area contributed by atoms with E-state index in [-0.39, 0.29) is 5.75 Å². The van der Waals surface area contributed by atoms with Crippen LogP contribution in [0.3, 0.4) is 0 Å². The van der Waals surface area contributed by atoms with Crippen LogP contribution in [0.15, 0.2) is 30.5 Å². The third-order valence-electron chi connectivity index (χ3n) is 3.33. The van der Waals surface area contributed by atoms with Gasteiger partial charge in [-0.25, -0.2) is 4.98 Å². The zero-order chi connectivity index (χ0) is 14.8. The molecule has 0 aliphatic carbocycles. The molecule has 6 nitrogen and oxygen atoms in total. The van der Waals surface area contributed by atoms with Crippen LogP contribution in [0.1, 0.15) is 0 Å². The van der Waals surface area contributed by atoms with E-state index in [1.54, 1.807) is 38.6 Å². The van der Waals surface area contributed by atoms with Crippen LogP contribution in [0, 0.1) is 0 Å². The molecule has 6 heteroatoms. The van der Waals surface area contributed by atoms with Gasteiger partial charge in [0.1, 0.15) is 18.1 Å². The summed E-state index contributed by atoms with van der Waals surface area (Å²) in [5.41, 5.74) is 1.65. The van der Waals surface area contributed by atoms with Crippen molar-refractivity contribution in [2.45, 2.75) is 0 Å². The maximum Gasteiger partial charge on any atom is 0.256 e. The van der Waals surface area contributed by atoms with Crippen molar-refractivity contribution in [1.29, 1.82) is 0 Å². The molecule has 2 heterocycles. The topological polar surface area (TPSA) is 64.1 Å². The molecule has 1 aromatic heterocycles. The quantitative estimate of drug-likeness (QED) is 0.935. The maximum absolute atomic E-state index is 9.69. The Bertz CT molecular complexity index is 660. The molecular formula is C15H16N2O4. The lowest BCUT2D eigenvalue weighted by Crippen LogP contribution is -2.28. The minimum Gasteiger partial charge on any atom is -0.508 e. The molecule has 1 aliphatic rings. The predicted molar refractivity (Wildman–Crippen MR) is 77.9 cm³/mol. The van der Waals surface area contributed by atoms with E-state index in [4.69, 9.17) is 14.2 Å². The molecule has 0 atom stereocenters. The summed E-state index contributed by atoms with van der Waals surface area (Å²) in [7, 11) is 3.12. The molecule has 110 valence electrons. The number of aromatic nitrogens is 1. The van der Waals surface area contributed by atoms with E-state index in [2.05, 4.69) is 4.98 Å². The van der Waals surface area contributed by atoms with Crippen LogP contribution in [0.2, 0.25) is 0 Å². The average molecular weight is 288 g/mol. The van der Waals surface area contributed by atoms with Gasteiger partial charge in [0.15, 0.2) is 5.75 Å². The minimum absolute atomic E-state index is 0.192. The Morgan fingerprint density at radius 2 is 2.10 bits per heavy atom. The zero-order valence-electron chi connectivity index (χ0n) is 11.9. The summed E-state index contributed by atoms with van der Waals surface area (Å²) in [6.45, 7) is 1.22. The largest absolute Gasteiger partial charge is 0.508 e. The molecule has 3 rings (SSSR count). The van der Waals surface area contributed by atoms with Gasteiger partial charge in [0, 0.05) is 12.1 Å². The average Bonchev–Trinajstić information content (AvgIpc) is 2.53. The molecule has 0 spiro atoms. The van der Waals surface area contributed by atoms with Crippen LogP contribution in [-0.4, -0.2) is 37.5 Å². The van der Waals surface area contributed by atoms with Crippen molar-refractivity contribution in [3.63, 3.8) is 0 Å². The minimum atomic E-state index is 0.192. The number of nitrogens with zero attached hydrogens (tertiary/aromatic N) is 2. The van der Waals surface area contributed by atoms with E-state index < -0.39 is 0 Å². The van der Waals surface area contributed by atoms with Gasteiger partial charge in [-0.1, -0.05) is 0 Å². The number of methoxy groups -OCH3 is 2. The Morgan fingerprint density at radius 3 is 2.86 bits per heavy atom. The number of anilines is 2. The molecule has 1 aliphatic heterocycles. The first-order valence-electron chi connectivity index (χ1n) is 6.54. The van der Waals surface area contributed by atoms with Crippen molar-refractivity contribution in [1.82, 2.24) is 4.98 Å². The molecule has 0 bridgehead atoms. The highest BCUT2D eigenvalue weighted by molar-refractivity contribution is 5.72. The van der Waals surface area contributed by atoms with Gasteiger partial charge in [0.2, 0.25) is 0 Å². The van der Waals surface area contributed by atoms with E-state index in [1.807, 2.05) is 11.0 Å². The molecule has 0 unspecified atom stereocenters. The Labute approximate surface area is 122 Å². The zero-order valence-corrected chi connectivity index (χ0v) is 11.9. The highest BCUT2D eigenvalue weighted by Gasteiger charge is 2.21. The lowest BCUT2D eigenvalue weighted by Gasteiger charge is -2.31. The van der Waals surface area contributed by atoms with Gasteiger partial charge < -0.3 is 24.2 Å². The number of fused-ring (bicyclic) bond motifs is 1. The molecule has 1 N–H and O–H groups in total. The molecule has 0 fully saturated rings. The fourth-order valence-electron chi connectivity index (χ4n) is 2.34. The number of benzene rings is 1. The third kappa shape index (κ3) is 2.40. The second kappa shape index (κ2) is 5.40. The van der Waals surface area contributed by atoms with E-state index in [0.717, 1.165) is 17.1 Å². The first-order chi connectivity index (χ1) is 10.2. The summed E-state index contributed by atoms with van der Waals surface area (Å²) in [6.07, 6.45) is 1.71. The lowest BCUT2D eigenvalue weighted by molar-refractivity contribution is 0.312. The molecule has 0 amide bonds. The molecule has 1 aromatic carbocycles. The van der Waals surface area contributed by atoms with Crippen molar-refractivity contribution in [2.75, 3.05) is 32.3 Å². The summed E-state index contributed by atoms with van der Waals surface area (Å²) in [4.78, 5) is 6.27. The second-order valence-corrected chi connectivity index (χ2v) is 4.56. The van der Waals surface area contributed by atoms with Gasteiger partial charge in [0.05, 0.1) is 38.3 Å². The number of aromatic hydroxyl groups is 1. The van der Waals surface area contributed by atoms with Gasteiger partial charge in [-0.2, -0.15) is 0 Å². The van der Waals surface area contributed by atoms with Gasteiger partial charge in [-0.05, 0) is 12.1 Å².